The summed E-state index contributed by atoms with van der Waals surface area (Å²) < 4.78 is 5.38. The number of amides is 2. The van der Waals surface area contributed by atoms with Crippen molar-refractivity contribution < 1.29 is 14.1 Å². The highest BCUT2D eigenvalue weighted by Crippen LogP contribution is 2.21. The fourth-order valence-corrected chi connectivity index (χ4v) is 3.00. The van der Waals surface area contributed by atoms with Crippen LogP contribution in [0.4, 0.5) is 11.4 Å². The van der Waals surface area contributed by atoms with Crippen molar-refractivity contribution in [2.45, 2.75) is 13.3 Å². The molecule has 0 aliphatic carbocycles. The number of hydrogen-bond acceptors (Lipinski definition) is 6. The normalized spacial score (nSPS) is 10.5. The molecule has 2 heterocycles. The molecule has 2 aromatic heterocycles. The minimum atomic E-state index is -0.261. The van der Waals surface area contributed by atoms with E-state index < -0.39 is 0 Å². The van der Waals surface area contributed by atoms with Crippen LogP contribution in [-0.2, 0) is 11.2 Å². The van der Waals surface area contributed by atoms with Crippen molar-refractivity contribution in [3.05, 3.63) is 90.1 Å². The molecule has 0 aliphatic rings. The lowest BCUT2D eigenvalue weighted by atomic mass is 10.1. The van der Waals surface area contributed by atoms with Crippen LogP contribution in [-0.4, -0.2) is 26.9 Å². The zero-order chi connectivity index (χ0) is 21.6. The maximum atomic E-state index is 12.7. The molecular formula is C23H19N5O3. The molecule has 2 amide bonds. The summed E-state index contributed by atoms with van der Waals surface area (Å²) >= 11 is 0. The SMILES string of the molecule is CC(=O)Nc1ccc(C(=O)Nc2ccccc2Cc2nc(-c3cccnc3)no2)cc1. The van der Waals surface area contributed by atoms with Gasteiger partial charge in [-0.2, -0.15) is 4.98 Å². The Hall–Kier alpha value is -4.33. The molecule has 0 aliphatic heterocycles. The van der Waals surface area contributed by atoms with Gasteiger partial charge in [0.2, 0.25) is 17.6 Å². The summed E-state index contributed by atoms with van der Waals surface area (Å²) in [7, 11) is 0. The lowest BCUT2D eigenvalue weighted by molar-refractivity contribution is -0.114. The Balaban J connectivity index is 1.48. The minimum Gasteiger partial charge on any atom is -0.339 e. The van der Waals surface area contributed by atoms with E-state index in [1.807, 2.05) is 30.3 Å². The third kappa shape index (κ3) is 4.99. The van der Waals surface area contributed by atoms with E-state index in [9.17, 15) is 9.59 Å². The van der Waals surface area contributed by atoms with E-state index >= 15 is 0 Å². The second-order valence-corrected chi connectivity index (χ2v) is 6.80. The van der Waals surface area contributed by atoms with Gasteiger partial charge >= 0.3 is 0 Å². The smallest absolute Gasteiger partial charge is 0.255 e. The van der Waals surface area contributed by atoms with Crippen LogP contribution < -0.4 is 10.6 Å². The van der Waals surface area contributed by atoms with Gasteiger partial charge in [0.1, 0.15) is 0 Å². The summed E-state index contributed by atoms with van der Waals surface area (Å²) in [4.78, 5) is 32.3. The van der Waals surface area contributed by atoms with Crippen LogP contribution in [0.3, 0.4) is 0 Å². The summed E-state index contributed by atoms with van der Waals surface area (Å²) in [5.41, 5.74) is 3.36. The number of carbonyl (C=O) groups excluding carboxylic acids is 2. The van der Waals surface area contributed by atoms with Gasteiger partial charge in [-0.15, -0.1) is 0 Å². The van der Waals surface area contributed by atoms with Gasteiger partial charge in [0, 0.05) is 41.8 Å². The number of benzene rings is 2. The van der Waals surface area contributed by atoms with E-state index in [0.717, 1.165) is 11.1 Å². The predicted molar refractivity (Wildman–Crippen MR) is 115 cm³/mol. The van der Waals surface area contributed by atoms with Gasteiger partial charge < -0.3 is 15.2 Å². The fraction of sp³-hybridized carbons (Fsp3) is 0.0870. The Bertz CT molecular complexity index is 1200. The van der Waals surface area contributed by atoms with Crippen LogP contribution in [0.25, 0.3) is 11.4 Å². The Morgan fingerprint density at radius 1 is 0.968 bits per heavy atom. The van der Waals surface area contributed by atoms with Crippen LogP contribution in [0, 0.1) is 0 Å². The molecule has 8 nitrogen and oxygen atoms in total. The van der Waals surface area contributed by atoms with Gasteiger partial charge in [-0.05, 0) is 48.0 Å². The maximum absolute atomic E-state index is 12.7. The van der Waals surface area contributed by atoms with Crippen molar-refractivity contribution in [2.75, 3.05) is 10.6 Å². The van der Waals surface area contributed by atoms with Gasteiger partial charge in [-0.3, -0.25) is 14.6 Å². The monoisotopic (exact) mass is 413 g/mol. The first-order chi connectivity index (χ1) is 15.1. The van der Waals surface area contributed by atoms with Crippen molar-refractivity contribution in [3.63, 3.8) is 0 Å². The second kappa shape index (κ2) is 9.00. The van der Waals surface area contributed by atoms with Crippen molar-refractivity contribution >= 4 is 23.2 Å². The first-order valence-corrected chi connectivity index (χ1v) is 9.58. The zero-order valence-electron chi connectivity index (χ0n) is 16.7. The zero-order valence-corrected chi connectivity index (χ0v) is 16.7. The topological polar surface area (TPSA) is 110 Å². The third-order valence-electron chi connectivity index (χ3n) is 4.46. The number of nitrogens with zero attached hydrogens (tertiary/aromatic N) is 3. The van der Waals surface area contributed by atoms with Crippen LogP contribution >= 0.6 is 0 Å². The summed E-state index contributed by atoms with van der Waals surface area (Å²) in [5.74, 6) is 0.464. The van der Waals surface area contributed by atoms with Gasteiger partial charge in [-0.25, -0.2) is 0 Å². The van der Waals surface area contributed by atoms with Crippen LogP contribution in [0.2, 0.25) is 0 Å². The van der Waals surface area contributed by atoms with Crippen LogP contribution in [0.1, 0.15) is 28.7 Å². The Labute approximate surface area is 178 Å². The van der Waals surface area contributed by atoms with Crippen molar-refractivity contribution in [3.8, 4) is 11.4 Å². The number of pyridine rings is 1. The molecule has 0 atom stereocenters. The Kier molecular flexibility index (Phi) is 5.79. The molecule has 31 heavy (non-hydrogen) atoms. The van der Waals surface area contributed by atoms with E-state index in [0.29, 0.717) is 35.1 Å². The molecule has 4 aromatic rings. The standard InChI is InChI=1S/C23H19N5O3/c1-15(29)25-19-10-8-16(9-11-19)23(30)26-20-7-3-2-5-17(20)13-21-27-22(28-31-21)18-6-4-12-24-14-18/h2-12,14H,13H2,1H3,(H,25,29)(H,26,30). The highest BCUT2D eigenvalue weighted by Gasteiger charge is 2.14. The Morgan fingerprint density at radius 2 is 1.77 bits per heavy atom. The number of anilines is 2. The van der Waals surface area contributed by atoms with E-state index in [1.165, 1.54) is 6.92 Å². The minimum absolute atomic E-state index is 0.168. The lowest BCUT2D eigenvalue weighted by Crippen LogP contribution is -2.14. The quantitative estimate of drug-likeness (QED) is 0.496. The molecule has 0 radical (unpaired) electrons. The third-order valence-corrected chi connectivity index (χ3v) is 4.46. The van der Waals surface area contributed by atoms with Gasteiger partial charge in [-0.1, -0.05) is 23.4 Å². The number of aromatic nitrogens is 3. The first-order valence-electron chi connectivity index (χ1n) is 9.58. The first kappa shape index (κ1) is 20.0. The predicted octanol–water partition coefficient (Wildman–Crippen LogP) is 3.93. The molecule has 0 saturated carbocycles. The molecule has 2 aromatic carbocycles. The van der Waals surface area contributed by atoms with E-state index in [4.69, 9.17) is 4.52 Å². The molecule has 0 spiro atoms. The van der Waals surface area contributed by atoms with Gasteiger partial charge in [0.05, 0.1) is 6.42 Å². The molecule has 8 heteroatoms. The molecule has 154 valence electrons. The van der Waals surface area contributed by atoms with Crippen molar-refractivity contribution in [1.82, 2.24) is 15.1 Å². The fourth-order valence-electron chi connectivity index (χ4n) is 3.00. The van der Waals surface area contributed by atoms with Crippen LogP contribution in [0.5, 0.6) is 0 Å². The summed E-state index contributed by atoms with van der Waals surface area (Å²) in [6.45, 7) is 1.43. The number of nitrogens with one attached hydrogen (secondary N) is 2. The lowest BCUT2D eigenvalue weighted by Gasteiger charge is -2.10. The van der Waals surface area contributed by atoms with Gasteiger partial charge in [0.25, 0.3) is 5.91 Å². The molecule has 4 rings (SSSR count). The van der Waals surface area contributed by atoms with Gasteiger partial charge in [0.15, 0.2) is 0 Å². The van der Waals surface area contributed by atoms with Crippen molar-refractivity contribution in [2.24, 2.45) is 0 Å². The van der Waals surface area contributed by atoms with E-state index in [2.05, 4.69) is 25.8 Å². The molecule has 0 bridgehead atoms. The average Bonchev–Trinajstić information content (AvgIpc) is 3.24. The molecular weight excluding hydrogens is 394 g/mol. The van der Waals surface area contributed by atoms with E-state index in [1.54, 1.807) is 42.7 Å². The molecule has 0 fully saturated rings. The second-order valence-electron chi connectivity index (χ2n) is 6.80. The summed E-state index contributed by atoms with van der Waals surface area (Å²) in [6, 6.07) is 17.8. The molecule has 0 unspecified atom stereocenters. The summed E-state index contributed by atoms with van der Waals surface area (Å²) in [5, 5.41) is 9.60. The number of carbonyl (C=O) groups is 2. The number of para-hydroxylation sites is 1. The average molecular weight is 413 g/mol. The number of hydrogen-bond donors (Lipinski definition) is 2. The van der Waals surface area contributed by atoms with Crippen molar-refractivity contribution in [1.29, 1.82) is 0 Å². The van der Waals surface area contributed by atoms with Crippen LogP contribution in [0.15, 0.2) is 77.6 Å². The highest BCUT2D eigenvalue weighted by molar-refractivity contribution is 6.05. The maximum Gasteiger partial charge on any atom is 0.255 e. The molecule has 2 N–H and O–H groups in total. The highest BCUT2D eigenvalue weighted by atomic mass is 16.5. The number of rotatable bonds is 6. The Morgan fingerprint density at radius 3 is 2.52 bits per heavy atom. The largest absolute Gasteiger partial charge is 0.339 e. The van der Waals surface area contributed by atoms with E-state index in [-0.39, 0.29) is 11.8 Å². The summed E-state index contributed by atoms with van der Waals surface area (Å²) in [6.07, 6.45) is 3.71. The molecule has 0 saturated heterocycles.